The zero-order valence-electron chi connectivity index (χ0n) is 11.7. The Kier molecular flexibility index (Phi) is 4.35. The van der Waals surface area contributed by atoms with E-state index < -0.39 is 0 Å². The van der Waals surface area contributed by atoms with Crippen LogP contribution in [0.4, 0.5) is 11.4 Å². The van der Waals surface area contributed by atoms with Gasteiger partial charge in [0.15, 0.2) is 0 Å². The molecule has 0 saturated carbocycles. The van der Waals surface area contributed by atoms with Gasteiger partial charge in [0.2, 0.25) is 0 Å². The Morgan fingerprint density at radius 3 is 1.75 bits per heavy atom. The van der Waals surface area contributed by atoms with Crippen LogP contribution in [0.1, 0.15) is 11.1 Å². The van der Waals surface area contributed by atoms with Gasteiger partial charge >= 0.3 is 0 Å². The second kappa shape index (κ2) is 6.19. The minimum absolute atomic E-state index is 0.143. The number of nitrogens with zero attached hydrogens (tertiary/aromatic N) is 2. The van der Waals surface area contributed by atoms with Gasteiger partial charge in [0.25, 0.3) is 5.69 Å². The molecule has 0 aliphatic rings. The normalized spacial score (nSPS) is 10.3. The molecule has 0 radical (unpaired) electrons. The van der Waals surface area contributed by atoms with Crippen molar-refractivity contribution in [3.8, 4) is 0 Å². The first-order valence-corrected chi connectivity index (χ1v) is 6.56. The van der Waals surface area contributed by atoms with Crippen molar-refractivity contribution in [2.75, 3.05) is 19.0 Å². The van der Waals surface area contributed by atoms with Crippen molar-refractivity contribution in [2.45, 2.75) is 12.8 Å². The highest BCUT2D eigenvalue weighted by Gasteiger charge is 2.04. The monoisotopic (exact) mass is 270 g/mol. The molecule has 0 amide bonds. The maximum atomic E-state index is 10.6. The fourth-order valence-electron chi connectivity index (χ4n) is 2.03. The second-order valence-corrected chi connectivity index (χ2v) is 4.98. The second-order valence-electron chi connectivity index (χ2n) is 4.98. The number of aryl methyl sites for hydroxylation is 2. The molecular formula is C16H18N2O2. The summed E-state index contributed by atoms with van der Waals surface area (Å²) in [6.45, 7) is 0. The molecular weight excluding hydrogens is 252 g/mol. The quantitative estimate of drug-likeness (QED) is 0.617. The van der Waals surface area contributed by atoms with Gasteiger partial charge in [-0.1, -0.05) is 24.3 Å². The van der Waals surface area contributed by atoms with Crippen molar-refractivity contribution in [2.24, 2.45) is 0 Å². The molecule has 0 unspecified atom stereocenters. The van der Waals surface area contributed by atoms with Gasteiger partial charge in [-0.25, -0.2) is 0 Å². The molecule has 0 fully saturated rings. The van der Waals surface area contributed by atoms with E-state index in [1.54, 1.807) is 12.1 Å². The van der Waals surface area contributed by atoms with E-state index in [2.05, 4.69) is 29.2 Å². The average molecular weight is 270 g/mol. The Morgan fingerprint density at radius 1 is 0.900 bits per heavy atom. The predicted octanol–water partition coefficient (Wildman–Crippen LogP) is 3.45. The zero-order valence-corrected chi connectivity index (χ0v) is 11.7. The summed E-state index contributed by atoms with van der Waals surface area (Å²) in [5.41, 5.74) is 3.72. The van der Waals surface area contributed by atoms with Gasteiger partial charge in [0, 0.05) is 31.9 Å². The smallest absolute Gasteiger partial charge is 0.269 e. The molecule has 104 valence electrons. The van der Waals surface area contributed by atoms with E-state index in [0.29, 0.717) is 0 Å². The number of anilines is 1. The van der Waals surface area contributed by atoms with Crippen LogP contribution in [-0.2, 0) is 12.8 Å². The van der Waals surface area contributed by atoms with E-state index in [1.165, 1.54) is 11.3 Å². The first-order valence-electron chi connectivity index (χ1n) is 6.56. The molecule has 20 heavy (non-hydrogen) atoms. The molecule has 4 heteroatoms. The Morgan fingerprint density at radius 2 is 1.35 bits per heavy atom. The minimum atomic E-state index is -0.371. The van der Waals surface area contributed by atoms with Gasteiger partial charge in [-0.15, -0.1) is 0 Å². The molecule has 0 aliphatic carbocycles. The Labute approximate surface area is 118 Å². The maximum Gasteiger partial charge on any atom is 0.269 e. The summed E-state index contributed by atoms with van der Waals surface area (Å²) >= 11 is 0. The summed E-state index contributed by atoms with van der Waals surface area (Å²) in [4.78, 5) is 12.3. The number of nitro benzene ring substituents is 1. The summed E-state index contributed by atoms with van der Waals surface area (Å²) in [6, 6.07) is 15.2. The number of benzene rings is 2. The third kappa shape index (κ3) is 3.57. The molecule has 4 nitrogen and oxygen atoms in total. The van der Waals surface area contributed by atoms with Gasteiger partial charge in [0.1, 0.15) is 0 Å². The van der Waals surface area contributed by atoms with Gasteiger partial charge in [-0.05, 0) is 36.1 Å². The first kappa shape index (κ1) is 14.1. The predicted molar refractivity (Wildman–Crippen MR) is 81.3 cm³/mol. The summed E-state index contributed by atoms with van der Waals surface area (Å²) in [7, 11) is 4.04. The fourth-order valence-corrected chi connectivity index (χ4v) is 2.03. The molecule has 0 aromatic heterocycles. The highest BCUT2D eigenvalue weighted by molar-refractivity contribution is 5.46. The van der Waals surface area contributed by atoms with Crippen LogP contribution < -0.4 is 4.90 Å². The molecule has 2 aromatic carbocycles. The van der Waals surface area contributed by atoms with Gasteiger partial charge in [0.05, 0.1) is 4.92 Å². The van der Waals surface area contributed by atoms with Crippen LogP contribution in [0.25, 0.3) is 0 Å². The minimum Gasteiger partial charge on any atom is -0.378 e. The topological polar surface area (TPSA) is 46.4 Å². The largest absolute Gasteiger partial charge is 0.378 e. The first-order chi connectivity index (χ1) is 9.56. The van der Waals surface area contributed by atoms with Crippen LogP contribution in [0.5, 0.6) is 0 Å². The number of rotatable bonds is 5. The molecule has 0 spiro atoms. The lowest BCUT2D eigenvalue weighted by molar-refractivity contribution is -0.384. The molecule has 0 bridgehead atoms. The van der Waals surface area contributed by atoms with Crippen molar-refractivity contribution in [1.29, 1.82) is 0 Å². The van der Waals surface area contributed by atoms with Crippen molar-refractivity contribution < 1.29 is 4.92 Å². The van der Waals surface area contributed by atoms with E-state index in [9.17, 15) is 10.1 Å². The van der Waals surface area contributed by atoms with E-state index in [-0.39, 0.29) is 10.6 Å². The molecule has 0 saturated heterocycles. The molecule has 0 N–H and O–H groups in total. The van der Waals surface area contributed by atoms with Crippen molar-refractivity contribution in [3.63, 3.8) is 0 Å². The van der Waals surface area contributed by atoms with Crippen LogP contribution >= 0.6 is 0 Å². The van der Waals surface area contributed by atoms with Crippen molar-refractivity contribution in [3.05, 3.63) is 69.8 Å². The van der Waals surface area contributed by atoms with Crippen molar-refractivity contribution in [1.82, 2.24) is 0 Å². The van der Waals surface area contributed by atoms with Crippen LogP contribution in [0.2, 0.25) is 0 Å². The standard InChI is InChI=1S/C16H18N2O2/c1-17(2)15-9-5-13(6-10-15)3-4-14-7-11-16(12-8-14)18(19)20/h5-12H,3-4H2,1-2H3. The van der Waals surface area contributed by atoms with Crippen LogP contribution in [-0.4, -0.2) is 19.0 Å². The summed E-state index contributed by atoms with van der Waals surface area (Å²) in [5, 5.41) is 10.6. The van der Waals surface area contributed by atoms with E-state index in [4.69, 9.17) is 0 Å². The number of hydrogen-bond donors (Lipinski definition) is 0. The zero-order chi connectivity index (χ0) is 14.5. The lowest BCUT2D eigenvalue weighted by Crippen LogP contribution is -2.08. The van der Waals surface area contributed by atoms with Crippen molar-refractivity contribution >= 4 is 11.4 Å². The van der Waals surface area contributed by atoms with Gasteiger partial charge in [-0.3, -0.25) is 10.1 Å². The highest BCUT2D eigenvalue weighted by atomic mass is 16.6. The maximum absolute atomic E-state index is 10.6. The summed E-state index contributed by atoms with van der Waals surface area (Å²) < 4.78 is 0. The Balaban J connectivity index is 1.96. The van der Waals surface area contributed by atoms with Crippen LogP contribution in [0.3, 0.4) is 0 Å². The molecule has 2 aromatic rings. The van der Waals surface area contributed by atoms with Crippen LogP contribution in [0.15, 0.2) is 48.5 Å². The highest BCUT2D eigenvalue weighted by Crippen LogP contribution is 2.16. The van der Waals surface area contributed by atoms with Gasteiger partial charge < -0.3 is 4.90 Å². The van der Waals surface area contributed by atoms with Gasteiger partial charge in [-0.2, -0.15) is 0 Å². The number of nitro groups is 1. The SMILES string of the molecule is CN(C)c1ccc(CCc2ccc([N+](=O)[O-])cc2)cc1. The van der Waals surface area contributed by atoms with E-state index in [0.717, 1.165) is 18.4 Å². The Hall–Kier alpha value is -2.36. The molecule has 0 aliphatic heterocycles. The summed E-state index contributed by atoms with van der Waals surface area (Å²) in [5.74, 6) is 0. The third-order valence-electron chi connectivity index (χ3n) is 3.30. The van der Waals surface area contributed by atoms with E-state index in [1.807, 2.05) is 26.2 Å². The third-order valence-corrected chi connectivity index (χ3v) is 3.30. The molecule has 2 rings (SSSR count). The number of non-ortho nitro benzene ring substituents is 1. The summed E-state index contributed by atoms with van der Waals surface area (Å²) in [6.07, 6.45) is 1.82. The average Bonchev–Trinajstić information content (AvgIpc) is 2.46. The lowest BCUT2D eigenvalue weighted by atomic mass is 10.0. The number of hydrogen-bond acceptors (Lipinski definition) is 3. The lowest BCUT2D eigenvalue weighted by Gasteiger charge is -2.12. The Bertz CT molecular complexity index is 574. The molecule has 0 atom stereocenters. The fraction of sp³-hybridized carbons (Fsp3) is 0.250. The molecule has 0 heterocycles. The van der Waals surface area contributed by atoms with Crippen LogP contribution in [0, 0.1) is 10.1 Å². The van der Waals surface area contributed by atoms with E-state index >= 15 is 0 Å².